The van der Waals surface area contributed by atoms with Crippen molar-refractivity contribution < 1.29 is 31.1 Å². The summed E-state index contributed by atoms with van der Waals surface area (Å²) >= 11 is 5.43. The number of hydrogen-bond acceptors (Lipinski definition) is 1. The van der Waals surface area contributed by atoms with Crippen LogP contribution in [-0.2, 0) is 6.18 Å². The molecule has 0 aliphatic carbocycles. The van der Waals surface area contributed by atoms with Crippen molar-refractivity contribution in [1.82, 2.24) is 0 Å². The van der Waals surface area contributed by atoms with Crippen molar-refractivity contribution in [3.8, 4) is 0 Å². The van der Waals surface area contributed by atoms with Crippen molar-refractivity contribution in [1.29, 1.82) is 0 Å². The molecule has 0 fully saturated rings. The summed E-state index contributed by atoms with van der Waals surface area (Å²) in [5.41, 5.74) is -2.15. The van der Waals surface area contributed by atoms with Gasteiger partial charge < -0.3 is 10.6 Å². The van der Waals surface area contributed by atoms with Gasteiger partial charge in [-0.2, -0.15) is 13.2 Å². The number of amides is 2. The van der Waals surface area contributed by atoms with Crippen LogP contribution in [0.1, 0.15) is 5.56 Å². The predicted octanol–water partition coefficient (Wildman–Crippen LogP) is 5.42. The molecule has 0 heterocycles. The largest absolute Gasteiger partial charge is 0.417 e. The molecule has 0 spiro atoms. The van der Waals surface area contributed by atoms with E-state index in [1.54, 1.807) is 0 Å². The van der Waals surface area contributed by atoms with Gasteiger partial charge in [0, 0.05) is 5.69 Å². The highest BCUT2D eigenvalue weighted by Gasteiger charge is 2.33. The van der Waals surface area contributed by atoms with E-state index in [-0.39, 0.29) is 5.69 Å². The lowest BCUT2D eigenvalue weighted by molar-refractivity contribution is -0.137. The van der Waals surface area contributed by atoms with Crippen molar-refractivity contribution in [2.24, 2.45) is 0 Å². The van der Waals surface area contributed by atoms with E-state index in [1.165, 1.54) is 0 Å². The maximum atomic E-state index is 13.4. The normalized spacial score (nSPS) is 11.3. The average molecular weight is 369 g/mol. The maximum absolute atomic E-state index is 13.4. The highest BCUT2D eigenvalue weighted by molar-refractivity contribution is 6.31. The van der Waals surface area contributed by atoms with E-state index in [4.69, 9.17) is 11.6 Å². The van der Waals surface area contributed by atoms with E-state index in [9.17, 15) is 31.1 Å². The third-order valence-electron chi connectivity index (χ3n) is 2.81. The lowest BCUT2D eigenvalue weighted by Crippen LogP contribution is -2.21. The van der Waals surface area contributed by atoms with Gasteiger partial charge in [0.25, 0.3) is 0 Å². The number of hydrogen-bond donors (Lipinski definition) is 2. The summed E-state index contributed by atoms with van der Waals surface area (Å²) in [5.74, 6) is -4.89. The number of carbonyl (C=O) groups excluding carboxylic acids is 1. The van der Waals surface area contributed by atoms with Gasteiger partial charge in [0.05, 0.1) is 16.3 Å². The van der Waals surface area contributed by atoms with Crippen LogP contribution in [0.2, 0.25) is 5.02 Å². The number of alkyl halides is 3. The lowest BCUT2D eigenvalue weighted by atomic mass is 10.2. The third-order valence-corrected chi connectivity index (χ3v) is 3.14. The van der Waals surface area contributed by atoms with Gasteiger partial charge in [0.1, 0.15) is 0 Å². The molecule has 0 radical (unpaired) electrons. The van der Waals surface area contributed by atoms with Crippen LogP contribution in [0.5, 0.6) is 0 Å². The predicted molar refractivity (Wildman–Crippen MR) is 75.4 cm³/mol. The standard InChI is InChI=1S/C14H7ClF6N2O/c15-8-2-1-6(5-7(8)14(19,20)21)22-13(24)23-10-4-3-9(16)11(17)12(10)18/h1-5H,(H2,22,23,24). The molecular weight excluding hydrogens is 362 g/mol. The van der Waals surface area contributed by atoms with Crippen molar-refractivity contribution in [2.75, 3.05) is 10.6 Å². The summed E-state index contributed by atoms with van der Waals surface area (Å²) in [6.07, 6.45) is -4.74. The van der Waals surface area contributed by atoms with Crippen LogP contribution in [0.4, 0.5) is 42.5 Å². The Kier molecular flexibility index (Phi) is 4.93. The Bertz CT molecular complexity index is 794. The molecule has 2 aromatic carbocycles. The van der Waals surface area contributed by atoms with Gasteiger partial charge in [-0.05, 0) is 30.3 Å². The molecule has 0 aromatic heterocycles. The SMILES string of the molecule is O=C(Nc1ccc(Cl)c(C(F)(F)F)c1)Nc1ccc(F)c(F)c1F. The van der Waals surface area contributed by atoms with E-state index in [0.717, 1.165) is 18.2 Å². The first-order chi connectivity index (χ1) is 11.1. The first-order valence-corrected chi connectivity index (χ1v) is 6.55. The molecule has 10 heteroatoms. The Balaban J connectivity index is 2.18. The Morgan fingerprint density at radius 2 is 1.62 bits per heavy atom. The van der Waals surface area contributed by atoms with Gasteiger partial charge in [-0.3, -0.25) is 0 Å². The Labute approximate surface area is 136 Å². The first-order valence-electron chi connectivity index (χ1n) is 6.18. The molecular formula is C14H7ClF6N2O. The van der Waals surface area contributed by atoms with E-state index >= 15 is 0 Å². The van der Waals surface area contributed by atoms with Crippen molar-refractivity contribution in [3.05, 3.63) is 58.4 Å². The molecule has 0 aliphatic rings. The summed E-state index contributed by atoms with van der Waals surface area (Å²) in [6, 6.07) is 2.75. The number of carbonyl (C=O) groups is 1. The van der Waals surface area contributed by atoms with E-state index in [1.807, 2.05) is 10.6 Å². The highest BCUT2D eigenvalue weighted by Crippen LogP contribution is 2.36. The van der Waals surface area contributed by atoms with Gasteiger partial charge in [-0.25, -0.2) is 18.0 Å². The fourth-order valence-corrected chi connectivity index (χ4v) is 1.95. The van der Waals surface area contributed by atoms with Crippen molar-refractivity contribution in [3.63, 3.8) is 0 Å². The summed E-state index contributed by atoms with van der Waals surface area (Å²) < 4.78 is 77.3. The quantitative estimate of drug-likeness (QED) is 0.539. The summed E-state index contributed by atoms with van der Waals surface area (Å²) in [4.78, 5) is 11.7. The minimum atomic E-state index is -4.74. The number of urea groups is 1. The smallest absolute Gasteiger partial charge is 0.308 e. The number of anilines is 2. The number of halogens is 7. The van der Waals surface area contributed by atoms with Crippen LogP contribution in [0.15, 0.2) is 30.3 Å². The second-order valence-corrected chi connectivity index (χ2v) is 4.90. The molecule has 2 aromatic rings. The molecule has 2 N–H and O–H groups in total. The molecule has 2 rings (SSSR count). The summed E-state index contributed by atoms with van der Waals surface area (Å²) in [6.45, 7) is 0. The van der Waals surface area contributed by atoms with Gasteiger partial charge in [0.2, 0.25) is 0 Å². The van der Waals surface area contributed by atoms with Gasteiger partial charge >= 0.3 is 12.2 Å². The fourth-order valence-electron chi connectivity index (χ4n) is 1.73. The molecule has 0 bridgehead atoms. The summed E-state index contributed by atoms with van der Waals surface area (Å²) in [5, 5.41) is 3.28. The zero-order valence-corrected chi connectivity index (χ0v) is 12.2. The zero-order chi connectivity index (χ0) is 18.1. The molecule has 0 atom stereocenters. The number of rotatable bonds is 2. The zero-order valence-electron chi connectivity index (χ0n) is 11.4. The molecule has 0 aliphatic heterocycles. The van der Waals surface area contributed by atoms with Gasteiger partial charge in [-0.15, -0.1) is 0 Å². The van der Waals surface area contributed by atoms with Crippen LogP contribution in [-0.4, -0.2) is 6.03 Å². The number of nitrogens with one attached hydrogen (secondary N) is 2. The molecule has 24 heavy (non-hydrogen) atoms. The Morgan fingerprint density at radius 1 is 0.958 bits per heavy atom. The molecule has 0 saturated carbocycles. The maximum Gasteiger partial charge on any atom is 0.417 e. The van der Waals surface area contributed by atoms with Crippen molar-refractivity contribution >= 4 is 29.0 Å². The fraction of sp³-hybridized carbons (Fsp3) is 0.0714. The second-order valence-electron chi connectivity index (χ2n) is 4.49. The average Bonchev–Trinajstić information content (AvgIpc) is 2.49. The monoisotopic (exact) mass is 368 g/mol. The Morgan fingerprint density at radius 3 is 2.25 bits per heavy atom. The summed E-state index contributed by atoms with van der Waals surface area (Å²) in [7, 11) is 0. The highest BCUT2D eigenvalue weighted by atomic mass is 35.5. The lowest BCUT2D eigenvalue weighted by Gasteiger charge is -2.12. The molecule has 3 nitrogen and oxygen atoms in total. The topological polar surface area (TPSA) is 41.1 Å². The first kappa shape index (κ1) is 17.9. The second kappa shape index (κ2) is 6.60. The van der Waals surface area contributed by atoms with Crippen LogP contribution in [0, 0.1) is 17.5 Å². The molecule has 2 amide bonds. The van der Waals surface area contributed by atoms with Crippen LogP contribution < -0.4 is 10.6 Å². The molecule has 128 valence electrons. The number of benzene rings is 2. The minimum Gasteiger partial charge on any atom is -0.308 e. The van der Waals surface area contributed by atoms with Crippen molar-refractivity contribution in [2.45, 2.75) is 6.18 Å². The van der Waals surface area contributed by atoms with E-state index < -0.39 is 45.9 Å². The third kappa shape index (κ3) is 3.91. The van der Waals surface area contributed by atoms with Crippen LogP contribution in [0.25, 0.3) is 0 Å². The molecule has 0 saturated heterocycles. The van der Waals surface area contributed by atoms with E-state index in [0.29, 0.717) is 12.1 Å². The minimum absolute atomic E-state index is 0.285. The van der Waals surface area contributed by atoms with Gasteiger partial charge in [-0.1, -0.05) is 11.6 Å². The molecule has 0 unspecified atom stereocenters. The van der Waals surface area contributed by atoms with Crippen LogP contribution in [0.3, 0.4) is 0 Å². The van der Waals surface area contributed by atoms with Crippen LogP contribution >= 0.6 is 11.6 Å². The van der Waals surface area contributed by atoms with Gasteiger partial charge in [0.15, 0.2) is 17.5 Å². The van der Waals surface area contributed by atoms with E-state index in [2.05, 4.69) is 0 Å². The Hall–Kier alpha value is -2.42.